The minimum Gasteiger partial charge on any atom is -0.497 e. The fourth-order valence-corrected chi connectivity index (χ4v) is 3.03. The molecule has 2 rings (SSSR count). The van der Waals surface area contributed by atoms with Crippen molar-refractivity contribution in [3.8, 4) is 17.6 Å². The number of carbonyl (C=O) groups is 1. The van der Waals surface area contributed by atoms with E-state index >= 15 is 0 Å². The molecule has 1 N–H and O–H groups in total. The van der Waals surface area contributed by atoms with Crippen LogP contribution < -0.4 is 14.8 Å². The second-order valence-electron chi connectivity index (χ2n) is 5.17. The van der Waals surface area contributed by atoms with Crippen molar-refractivity contribution in [3.63, 3.8) is 0 Å². The van der Waals surface area contributed by atoms with E-state index < -0.39 is 0 Å². The van der Waals surface area contributed by atoms with Crippen LogP contribution in [0.25, 0.3) is 0 Å². The molecule has 130 valence electrons. The summed E-state index contributed by atoms with van der Waals surface area (Å²) in [7, 11) is 3.11. The van der Waals surface area contributed by atoms with Gasteiger partial charge in [0.1, 0.15) is 22.6 Å². The van der Waals surface area contributed by atoms with Crippen LogP contribution >= 0.6 is 11.8 Å². The molecular weight excluding hydrogens is 338 g/mol. The van der Waals surface area contributed by atoms with Gasteiger partial charge in [0.25, 0.3) is 0 Å². The number of pyridine rings is 1. The van der Waals surface area contributed by atoms with Crippen molar-refractivity contribution in [3.05, 3.63) is 41.6 Å². The first-order valence-corrected chi connectivity index (χ1v) is 8.57. The van der Waals surface area contributed by atoms with Crippen LogP contribution in [0.3, 0.4) is 0 Å². The molecule has 6 nitrogen and oxygen atoms in total. The lowest BCUT2D eigenvalue weighted by molar-refractivity contribution is -0.115. The number of carbonyl (C=O) groups excluding carboxylic acids is 1. The topological polar surface area (TPSA) is 84.2 Å². The van der Waals surface area contributed by atoms with Crippen molar-refractivity contribution in [1.82, 2.24) is 4.98 Å². The molecule has 1 aromatic carbocycles. The van der Waals surface area contributed by atoms with Crippen LogP contribution in [0.1, 0.15) is 17.7 Å². The lowest BCUT2D eigenvalue weighted by Crippen LogP contribution is -2.12. The Morgan fingerprint density at radius 1 is 1.24 bits per heavy atom. The van der Waals surface area contributed by atoms with Gasteiger partial charge in [-0.15, -0.1) is 11.8 Å². The Hall–Kier alpha value is -2.72. The van der Waals surface area contributed by atoms with Crippen molar-refractivity contribution < 1.29 is 14.3 Å². The molecule has 0 saturated heterocycles. The number of rotatable bonds is 7. The Kier molecular flexibility index (Phi) is 6.66. The highest BCUT2D eigenvalue weighted by molar-refractivity contribution is 7.99. The zero-order valence-corrected chi connectivity index (χ0v) is 15.1. The predicted molar refractivity (Wildman–Crippen MR) is 97.2 cm³/mol. The number of anilines is 1. The van der Waals surface area contributed by atoms with Crippen LogP contribution in [0.5, 0.6) is 11.5 Å². The van der Waals surface area contributed by atoms with Gasteiger partial charge in [0.05, 0.1) is 19.8 Å². The normalized spacial score (nSPS) is 10.0. The van der Waals surface area contributed by atoms with Gasteiger partial charge in [0.2, 0.25) is 5.91 Å². The number of ether oxygens (including phenoxy) is 2. The van der Waals surface area contributed by atoms with E-state index in [1.54, 1.807) is 44.6 Å². The third-order valence-corrected chi connectivity index (χ3v) is 4.32. The van der Waals surface area contributed by atoms with E-state index in [4.69, 9.17) is 14.7 Å². The molecule has 0 spiro atoms. The van der Waals surface area contributed by atoms with E-state index in [9.17, 15) is 4.79 Å². The van der Waals surface area contributed by atoms with Gasteiger partial charge < -0.3 is 14.8 Å². The number of amides is 1. The quantitative estimate of drug-likeness (QED) is 0.765. The smallest absolute Gasteiger partial charge is 0.225 e. The number of nitrogens with zero attached hydrogens (tertiary/aromatic N) is 2. The van der Waals surface area contributed by atoms with Crippen molar-refractivity contribution >= 4 is 23.4 Å². The van der Waals surface area contributed by atoms with Gasteiger partial charge >= 0.3 is 0 Å². The first-order valence-electron chi connectivity index (χ1n) is 7.59. The van der Waals surface area contributed by atoms with Gasteiger partial charge in [0, 0.05) is 41.8 Å². The van der Waals surface area contributed by atoms with E-state index in [1.807, 2.05) is 6.92 Å². The number of nitriles is 1. The van der Waals surface area contributed by atoms with E-state index in [0.717, 1.165) is 5.69 Å². The summed E-state index contributed by atoms with van der Waals surface area (Å²) >= 11 is 1.40. The number of hydrogen-bond acceptors (Lipinski definition) is 6. The molecule has 0 unspecified atom stereocenters. The Balaban J connectivity index is 1.93. The maximum atomic E-state index is 12.1. The summed E-state index contributed by atoms with van der Waals surface area (Å²) in [6, 6.07) is 10.8. The maximum absolute atomic E-state index is 12.1. The molecule has 0 aliphatic heterocycles. The molecule has 1 heterocycles. The molecule has 0 aliphatic rings. The summed E-state index contributed by atoms with van der Waals surface area (Å²) in [5.74, 6) is 1.60. The fourth-order valence-electron chi connectivity index (χ4n) is 2.07. The Labute approximate surface area is 151 Å². The monoisotopic (exact) mass is 357 g/mol. The number of hydrogen-bond donors (Lipinski definition) is 1. The highest BCUT2D eigenvalue weighted by atomic mass is 32.2. The Morgan fingerprint density at radius 3 is 2.52 bits per heavy atom. The molecule has 0 saturated carbocycles. The van der Waals surface area contributed by atoms with Crippen molar-refractivity contribution in [2.45, 2.75) is 18.4 Å². The summed E-state index contributed by atoms with van der Waals surface area (Å²) in [6.07, 6.45) is 0.296. The van der Waals surface area contributed by atoms with E-state index in [2.05, 4.69) is 16.4 Å². The standard InChI is InChI=1S/C18H19N3O3S/c1-12-4-5-13(11-19)18(20-12)25-7-6-17(22)21-14-8-15(23-2)10-16(9-14)24-3/h4-5,8-10H,6-7H2,1-3H3,(H,21,22). The third kappa shape index (κ3) is 5.40. The number of methoxy groups -OCH3 is 2. The average Bonchev–Trinajstić information content (AvgIpc) is 2.61. The number of thioether (sulfide) groups is 1. The van der Waals surface area contributed by atoms with Crippen molar-refractivity contribution in [1.29, 1.82) is 5.26 Å². The lowest BCUT2D eigenvalue weighted by atomic mass is 10.2. The highest BCUT2D eigenvalue weighted by Gasteiger charge is 2.09. The number of aromatic nitrogens is 1. The van der Waals surface area contributed by atoms with E-state index in [0.29, 0.717) is 39.9 Å². The van der Waals surface area contributed by atoms with Crippen molar-refractivity contribution in [2.75, 3.05) is 25.3 Å². The first-order chi connectivity index (χ1) is 12.0. The van der Waals surface area contributed by atoms with Gasteiger partial charge in [-0.3, -0.25) is 4.79 Å². The summed E-state index contributed by atoms with van der Waals surface area (Å²) in [5.41, 5.74) is 1.97. The summed E-state index contributed by atoms with van der Waals surface area (Å²) in [4.78, 5) is 16.5. The van der Waals surface area contributed by atoms with Gasteiger partial charge in [-0.25, -0.2) is 4.98 Å². The van der Waals surface area contributed by atoms with Crippen LogP contribution in [0.4, 0.5) is 5.69 Å². The molecule has 0 aliphatic carbocycles. The summed E-state index contributed by atoms with van der Waals surface area (Å²) in [5, 5.41) is 12.6. The zero-order chi connectivity index (χ0) is 18.2. The summed E-state index contributed by atoms with van der Waals surface area (Å²) < 4.78 is 10.4. The molecule has 7 heteroatoms. The van der Waals surface area contributed by atoms with Crippen LogP contribution in [0, 0.1) is 18.3 Å². The number of benzene rings is 1. The zero-order valence-electron chi connectivity index (χ0n) is 14.3. The molecule has 0 fully saturated rings. The highest BCUT2D eigenvalue weighted by Crippen LogP contribution is 2.26. The minimum atomic E-state index is -0.131. The average molecular weight is 357 g/mol. The fraction of sp³-hybridized carbons (Fsp3) is 0.278. The van der Waals surface area contributed by atoms with Crippen LogP contribution in [0.2, 0.25) is 0 Å². The Bertz CT molecular complexity index is 780. The van der Waals surface area contributed by atoms with Crippen LogP contribution in [-0.2, 0) is 4.79 Å². The molecule has 0 radical (unpaired) electrons. The van der Waals surface area contributed by atoms with Crippen LogP contribution in [-0.4, -0.2) is 30.9 Å². The maximum Gasteiger partial charge on any atom is 0.225 e. The molecule has 0 atom stereocenters. The lowest BCUT2D eigenvalue weighted by Gasteiger charge is -2.10. The van der Waals surface area contributed by atoms with Gasteiger partial charge in [-0.1, -0.05) is 0 Å². The molecule has 0 bridgehead atoms. The molecule has 1 amide bonds. The second-order valence-corrected chi connectivity index (χ2v) is 6.25. The number of aryl methyl sites for hydroxylation is 1. The Morgan fingerprint density at radius 2 is 1.92 bits per heavy atom. The van der Waals surface area contributed by atoms with Crippen LogP contribution in [0.15, 0.2) is 35.4 Å². The molecule has 2 aromatic rings. The van der Waals surface area contributed by atoms with Crippen molar-refractivity contribution in [2.24, 2.45) is 0 Å². The molecule has 1 aromatic heterocycles. The van der Waals surface area contributed by atoms with Gasteiger partial charge in [0.15, 0.2) is 0 Å². The molecular formula is C18H19N3O3S. The predicted octanol–water partition coefficient (Wildman–Crippen LogP) is 3.40. The number of nitrogens with one attached hydrogen (secondary N) is 1. The third-order valence-electron chi connectivity index (χ3n) is 3.32. The first kappa shape index (κ1) is 18.6. The second kappa shape index (κ2) is 8.94. The van der Waals surface area contributed by atoms with E-state index in [-0.39, 0.29) is 5.91 Å². The van der Waals surface area contributed by atoms with E-state index in [1.165, 1.54) is 11.8 Å². The molecule has 25 heavy (non-hydrogen) atoms. The van der Waals surface area contributed by atoms with Gasteiger partial charge in [-0.05, 0) is 19.1 Å². The largest absolute Gasteiger partial charge is 0.497 e. The SMILES string of the molecule is COc1cc(NC(=O)CCSc2nc(C)ccc2C#N)cc(OC)c1. The minimum absolute atomic E-state index is 0.131. The van der Waals surface area contributed by atoms with Gasteiger partial charge in [-0.2, -0.15) is 5.26 Å². The summed E-state index contributed by atoms with van der Waals surface area (Å²) in [6.45, 7) is 1.87.